The maximum atomic E-state index is 10.2. The van der Waals surface area contributed by atoms with Gasteiger partial charge in [0.15, 0.2) is 3.79 Å². The highest BCUT2D eigenvalue weighted by Gasteiger charge is 1.91. The lowest BCUT2D eigenvalue weighted by Crippen LogP contribution is -1.84. The molecule has 0 amide bonds. The molecule has 0 fully saturated rings. The molecular formula is C5H7IO2. The highest BCUT2D eigenvalue weighted by atomic mass is 127. The van der Waals surface area contributed by atoms with Gasteiger partial charge >= 0.3 is 0 Å². The van der Waals surface area contributed by atoms with Crippen molar-refractivity contribution in [3.8, 4) is 0 Å². The van der Waals surface area contributed by atoms with Gasteiger partial charge in [-0.25, -0.2) is 0 Å². The Kier molecular flexibility index (Phi) is 5.26. The van der Waals surface area contributed by atoms with Crippen molar-refractivity contribution < 1.29 is 9.59 Å². The minimum atomic E-state index is 0.129. The minimum Gasteiger partial charge on any atom is -0.303 e. The standard InChI is InChI=1S/C5H7IO2/c6-5(8)3-1-2-4-7/h4H,1-3H2. The van der Waals surface area contributed by atoms with Gasteiger partial charge in [0.1, 0.15) is 6.29 Å². The number of hydrogen-bond acceptors (Lipinski definition) is 2. The molecule has 0 aliphatic heterocycles. The van der Waals surface area contributed by atoms with E-state index in [0.717, 1.165) is 6.29 Å². The number of rotatable bonds is 4. The smallest absolute Gasteiger partial charge is 0.192 e. The fourth-order valence-electron chi connectivity index (χ4n) is 0.324. The Bertz CT molecular complexity index is 90.4. The van der Waals surface area contributed by atoms with Gasteiger partial charge in [0.05, 0.1) is 0 Å². The SMILES string of the molecule is O=CCCCC(=O)I. The number of halogens is 1. The zero-order valence-electron chi connectivity index (χ0n) is 4.39. The molecule has 8 heavy (non-hydrogen) atoms. The van der Waals surface area contributed by atoms with Gasteiger partial charge in [-0.15, -0.1) is 0 Å². The topological polar surface area (TPSA) is 34.1 Å². The Morgan fingerprint density at radius 2 is 2.25 bits per heavy atom. The second kappa shape index (κ2) is 5.21. The highest BCUT2D eigenvalue weighted by Crippen LogP contribution is 1.98. The molecule has 0 radical (unpaired) electrons. The van der Waals surface area contributed by atoms with Gasteiger partial charge in [0.2, 0.25) is 0 Å². The van der Waals surface area contributed by atoms with Crippen LogP contribution in [0.2, 0.25) is 0 Å². The third-order valence-electron chi connectivity index (χ3n) is 0.695. The van der Waals surface area contributed by atoms with E-state index in [2.05, 4.69) is 0 Å². The van der Waals surface area contributed by atoms with Gasteiger partial charge in [-0.2, -0.15) is 0 Å². The van der Waals surface area contributed by atoms with E-state index >= 15 is 0 Å². The number of carbonyl (C=O) groups excluding carboxylic acids is 2. The Labute approximate surface area is 61.8 Å². The van der Waals surface area contributed by atoms with Gasteiger partial charge in [-0.05, 0) is 29.0 Å². The van der Waals surface area contributed by atoms with Crippen molar-refractivity contribution in [3.05, 3.63) is 0 Å². The second-order valence-electron chi connectivity index (χ2n) is 1.41. The normalized spacial score (nSPS) is 8.62. The van der Waals surface area contributed by atoms with Crippen LogP contribution in [-0.4, -0.2) is 10.1 Å². The summed E-state index contributed by atoms with van der Waals surface area (Å²) in [6.07, 6.45) is 2.57. The largest absolute Gasteiger partial charge is 0.303 e. The van der Waals surface area contributed by atoms with Gasteiger partial charge < -0.3 is 4.79 Å². The van der Waals surface area contributed by atoms with Crippen LogP contribution in [0.5, 0.6) is 0 Å². The minimum absolute atomic E-state index is 0.129. The zero-order valence-corrected chi connectivity index (χ0v) is 6.55. The van der Waals surface area contributed by atoms with Gasteiger partial charge in [0, 0.05) is 12.8 Å². The van der Waals surface area contributed by atoms with E-state index in [1.54, 1.807) is 22.6 Å². The number of carbonyl (C=O) groups is 2. The molecule has 0 saturated carbocycles. The molecule has 0 aliphatic carbocycles. The van der Waals surface area contributed by atoms with E-state index in [1.807, 2.05) is 0 Å². The van der Waals surface area contributed by atoms with Crippen LogP contribution < -0.4 is 0 Å². The first kappa shape index (κ1) is 8.07. The van der Waals surface area contributed by atoms with Crippen molar-refractivity contribution in [2.45, 2.75) is 19.3 Å². The van der Waals surface area contributed by atoms with Crippen LogP contribution in [0.15, 0.2) is 0 Å². The number of unbranched alkanes of at least 4 members (excludes halogenated alkanes) is 1. The zero-order chi connectivity index (χ0) is 6.41. The molecule has 0 unspecified atom stereocenters. The maximum Gasteiger partial charge on any atom is 0.192 e. The Balaban J connectivity index is 2.93. The lowest BCUT2D eigenvalue weighted by atomic mass is 10.3. The molecule has 0 atom stereocenters. The van der Waals surface area contributed by atoms with Crippen molar-refractivity contribution >= 4 is 32.7 Å². The summed E-state index contributed by atoms with van der Waals surface area (Å²) in [5.74, 6) is 0. The molecule has 0 spiro atoms. The van der Waals surface area contributed by atoms with Crippen molar-refractivity contribution in [2.75, 3.05) is 0 Å². The molecule has 0 aromatic heterocycles. The Morgan fingerprint density at radius 1 is 1.62 bits per heavy atom. The first-order valence-corrected chi connectivity index (χ1v) is 3.47. The summed E-state index contributed by atoms with van der Waals surface area (Å²) in [4.78, 5) is 19.9. The van der Waals surface area contributed by atoms with Gasteiger partial charge in [-0.1, -0.05) is 0 Å². The molecule has 0 heterocycles. The van der Waals surface area contributed by atoms with Crippen LogP contribution in [0, 0.1) is 0 Å². The summed E-state index contributed by atoms with van der Waals surface area (Å²) in [7, 11) is 0. The highest BCUT2D eigenvalue weighted by molar-refractivity contribution is 14.1. The van der Waals surface area contributed by atoms with Gasteiger partial charge in [-0.3, -0.25) is 4.79 Å². The quantitative estimate of drug-likeness (QED) is 0.313. The molecule has 3 heteroatoms. The predicted octanol–water partition coefficient (Wildman–Crippen LogP) is 1.32. The number of aldehydes is 1. The fourth-order valence-corrected chi connectivity index (χ4v) is 0.706. The Morgan fingerprint density at radius 3 is 2.62 bits per heavy atom. The van der Waals surface area contributed by atoms with Crippen molar-refractivity contribution in [2.24, 2.45) is 0 Å². The summed E-state index contributed by atoms with van der Waals surface area (Å²) in [5, 5.41) is 0. The molecule has 0 rings (SSSR count). The first-order valence-electron chi connectivity index (χ1n) is 2.39. The predicted molar refractivity (Wildman–Crippen MR) is 38.9 cm³/mol. The molecule has 0 bridgehead atoms. The first-order chi connectivity index (χ1) is 3.77. The molecule has 0 saturated heterocycles. The molecule has 0 aromatic rings. The van der Waals surface area contributed by atoms with E-state index in [-0.39, 0.29) is 3.79 Å². The lowest BCUT2D eigenvalue weighted by Gasteiger charge is -1.84. The molecule has 46 valence electrons. The summed E-state index contributed by atoms with van der Waals surface area (Å²) in [6, 6.07) is 0. The second-order valence-corrected chi connectivity index (χ2v) is 2.62. The summed E-state index contributed by atoms with van der Waals surface area (Å²) < 4.78 is 0.129. The van der Waals surface area contributed by atoms with E-state index in [9.17, 15) is 9.59 Å². The molecule has 0 N–H and O–H groups in total. The third-order valence-corrected chi connectivity index (χ3v) is 1.23. The summed E-state index contributed by atoms with van der Waals surface area (Å²) >= 11 is 1.73. The molecule has 2 nitrogen and oxygen atoms in total. The van der Waals surface area contributed by atoms with E-state index < -0.39 is 0 Å². The van der Waals surface area contributed by atoms with E-state index in [1.165, 1.54) is 0 Å². The van der Waals surface area contributed by atoms with Crippen LogP contribution in [-0.2, 0) is 9.59 Å². The Hall–Kier alpha value is 0.0700. The maximum absolute atomic E-state index is 10.2. The van der Waals surface area contributed by atoms with Crippen molar-refractivity contribution in [3.63, 3.8) is 0 Å². The van der Waals surface area contributed by atoms with Crippen LogP contribution in [0.25, 0.3) is 0 Å². The van der Waals surface area contributed by atoms with Gasteiger partial charge in [0.25, 0.3) is 0 Å². The average Bonchev–Trinajstić information content (AvgIpc) is 1.66. The van der Waals surface area contributed by atoms with Crippen LogP contribution in [0.3, 0.4) is 0 Å². The lowest BCUT2D eigenvalue weighted by molar-refractivity contribution is -0.109. The van der Waals surface area contributed by atoms with Crippen LogP contribution in [0.1, 0.15) is 19.3 Å². The van der Waals surface area contributed by atoms with E-state index in [0.29, 0.717) is 19.3 Å². The van der Waals surface area contributed by atoms with Crippen molar-refractivity contribution in [1.82, 2.24) is 0 Å². The summed E-state index contributed by atoms with van der Waals surface area (Å²) in [6.45, 7) is 0. The van der Waals surface area contributed by atoms with Crippen LogP contribution in [0.4, 0.5) is 0 Å². The molecular weight excluding hydrogens is 219 g/mol. The van der Waals surface area contributed by atoms with Crippen molar-refractivity contribution in [1.29, 1.82) is 0 Å². The third kappa shape index (κ3) is 6.07. The van der Waals surface area contributed by atoms with E-state index in [4.69, 9.17) is 0 Å². The monoisotopic (exact) mass is 226 g/mol. The molecule has 0 aliphatic rings. The average molecular weight is 226 g/mol. The summed E-state index contributed by atoms with van der Waals surface area (Å²) in [5.41, 5.74) is 0. The molecule has 0 aromatic carbocycles. The number of hydrogen-bond donors (Lipinski definition) is 0. The van der Waals surface area contributed by atoms with Crippen LogP contribution >= 0.6 is 22.6 Å². The fraction of sp³-hybridized carbons (Fsp3) is 0.600.